The summed E-state index contributed by atoms with van der Waals surface area (Å²) in [6, 6.07) is 7.30. The number of hydrogen-bond donors (Lipinski definition) is 2. The summed E-state index contributed by atoms with van der Waals surface area (Å²) in [5.41, 5.74) is 5.16. The SMILES string of the molecule is NC(=O)c1ccc(NC(=O)[C@H]2C[C@@H]2c2ccco2)c(F)c1. The molecule has 108 valence electrons. The molecule has 2 amide bonds. The molecule has 0 aliphatic heterocycles. The average molecular weight is 288 g/mol. The van der Waals surface area contributed by atoms with Crippen LogP contribution in [0.4, 0.5) is 10.1 Å². The Morgan fingerprint density at radius 3 is 2.76 bits per heavy atom. The molecule has 3 N–H and O–H groups in total. The Labute approximate surface area is 119 Å². The molecule has 0 radical (unpaired) electrons. The summed E-state index contributed by atoms with van der Waals surface area (Å²) >= 11 is 0. The topological polar surface area (TPSA) is 85.3 Å². The van der Waals surface area contributed by atoms with E-state index in [4.69, 9.17) is 10.2 Å². The van der Waals surface area contributed by atoms with E-state index in [2.05, 4.69) is 5.32 Å². The summed E-state index contributed by atoms with van der Waals surface area (Å²) < 4.78 is 19.0. The van der Waals surface area contributed by atoms with Crippen molar-refractivity contribution in [3.05, 3.63) is 53.7 Å². The Kier molecular flexibility index (Phi) is 3.21. The molecule has 1 aromatic carbocycles. The fourth-order valence-corrected chi connectivity index (χ4v) is 2.30. The van der Waals surface area contributed by atoms with Gasteiger partial charge in [0.2, 0.25) is 11.8 Å². The third kappa shape index (κ3) is 2.65. The molecule has 1 saturated carbocycles. The molecular formula is C15H13FN2O3. The zero-order valence-corrected chi connectivity index (χ0v) is 11.0. The van der Waals surface area contributed by atoms with Crippen LogP contribution in [-0.4, -0.2) is 11.8 Å². The normalized spacial score (nSPS) is 20.0. The van der Waals surface area contributed by atoms with Crippen molar-refractivity contribution in [3.63, 3.8) is 0 Å². The Hall–Kier alpha value is -2.63. The maximum absolute atomic E-state index is 13.8. The molecule has 6 heteroatoms. The van der Waals surface area contributed by atoms with Crippen molar-refractivity contribution in [2.45, 2.75) is 12.3 Å². The van der Waals surface area contributed by atoms with Gasteiger partial charge in [0.1, 0.15) is 11.6 Å². The zero-order chi connectivity index (χ0) is 15.0. The summed E-state index contributed by atoms with van der Waals surface area (Å²) in [5.74, 6) is -1.07. The van der Waals surface area contributed by atoms with Crippen molar-refractivity contribution in [2.75, 3.05) is 5.32 Å². The second-order valence-electron chi connectivity index (χ2n) is 5.01. The highest BCUT2D eigenvalue weighted by Crippen LogP contribution is 2.48. The van der Waals surface area contributed by atoms with Crippen molar-refractivity contribution >= 4 is 17.5 Å². The van der Waals surface area contributed by atoms with Crippen LogP contribution < -0.4 is 11.1 Å². The number of primary amides is 1. The Balaban J connectivity index is 1.67. The fraction of sp³-hybridized carbons (Fsp3) is 0.200. The molecule has 21 heavy (non-hydrogen) atoms. The molecule has 1 aliphatic carbocycles. The van der Waals surface area contributed by atoms with Crippen LogP contribution >= 0.6 is 0 Å². The minimum absolute atomic E-state index is 0.0371. The van der Waals surface area contributed by atoms with E-state index in [9.17, 15) is 14.0 Å². The first kappa shape index (κ1) is 13.4. The molecule has 1 aliphatic rings. The maximum atomic E-state index is 13.8. The van der Waals surface area contributed by atoms with E-state index in [0.717, 1.165) is 11.8 Å². The van der Waals surface area contributed by atoms with Crippen LogP contribution in [0, 0.1) is 11.7 Å². The van der Waals surface area contributed by atoms with Crippen LogP contribution in [0.1, 0.15) is 28.5 Å². The molecule has 5 nitrogen and oxygen atoms in total. The molecule has 0 bridgehead atoms. The van der Waals surface area contributed by atoms with Crippen LogP contribution in [0.5, 0.6) is 0 Å². The summed E-state index contributed by atoms with van der Waals surface area (Å²) in [5, 5.41) is 2.52. The van der Waals surface area contributed by atoms with Gasteiger partial charge in [-0.1, -0.05) is 0 Å². The average Bonchev–Trinajstić information content (AvgIpc) is 3.07. The van der Waals surface area contributed by atoms with Crippen molar-refractivity contribution in [3.8, 4) is 0 Å². The minimum atomic E-state index is -0.716. The highest BCUT2D eigenvalue weighted by Gasteiger charge is 2.45. The van der Waals surface area contributed by atoms with Gasteiger partial charge in [-0.3, -0.25) is 9.59 Å². The zero-order valence-electron chi connectivity index (χ0n) is 11.0. The van der Waals surface area contributed by atoms with Gasteiger partial charge in [-0.15, -0.1) is 0 Å². The number of carbonyl (C=O) groups is 2. The first-order valence-corrected chi connectivity index (χ1v) is 6.50. The monoisotopic (exact) mass is 288 g/mol. The van der Waals surface area contributed by atoms with Gasteiger partial charge in [-0.2, -0.15) is 0 Å². The minimum Gasteiger partial charge on any atom is -0.469 e. The molecule has 1 aromatic heterocycles. The highest BCUT2D eigenvalue weighted by molar-refractivity contribution is 5.97. The van der Waals surface area contributed by atoms with E-state index in [1.807, 2.05) is 6.07 Å². The van der Waals surface area contributed by atoms with E-state index >= 15 is 0 Å². The highest BCUT2D eigenvalue weighted by atomic mass is 19.1. The van der Waals surface area contributed by atoms with Gasteiger partial charge in [-0.25, -0.2) is 4.39 Å². The fourth-order valence-electron chi connectivity index (χ4n) is 2.30. The van der Waals surface area contributed by atoms with E-state index in [1.165, 1.54) is 12.1 Å². The second kappa shape index (κ2) is 5.05. The predicted octanol–water partition coefficient (Wildman–Crippen LogP) is 2.26. The third-order valence-corrected chi connectivity index (χ3v) is 3.55. The van der Waals surface area contributed by atoms with Crippen LogP contribution in [0.15, 0.2) is 41.0 Å². The number of furan rings is 1. The van der Waals surface area contributed by atoms with E-state index < -0.39 is 11.7 Å². The lowest BCUT2D eigenvalue weighted by atomic mass is 10.2. The lowest BCUT2D eigenvalue weighted by molar-refractivity contribution is -0.117. The Morgan fingerprint density at radius 1 is 1.33 bits per heavy atom. The number of nitrogens with two attached hydrogens (primary N) is 1. The van der Waals surface area contributed by atoms with Crippen LogP contribution in [0.25, 0.3) is 0 Å². The summed E-state index contributed by atoms with van der Waals surface area (Å²) in [7, 11) is 0. The van der Waals surface area contributed by atoms with Crippen LogP contribution in [0.2, 0.25) is 0 Å². The van der Waals surface area contributed by atoms with Gasteiger partial charge in [0.25, 0.3) is 0 Å². The number of halogens is 1. The number of hydrogen-bond acceptors (Lipinski definition) is 3. The molecule has 0 spiro atoms. The molecule has 0 saturated heterocycles. The molecule has 3 rings (SSSR count). The van der Waals surface area contributed by atoms with Gasteiger partial charge >= 0.3 is 0 Å². The van der Waals surface area contributed by atoms with E-state index in [1.54, 1.807) is 12.3 Å². The predicted molar refractivity (Wildman–Crippen MR) is 73.1 cm³/mol. The third-order valence-electron chi connectivity index (χ3n) is 3.55. The molecule has 0 unspecified atom stereocenters. The number of amides is 2. The summed E-state index contributed by atoms with van der Waals surface area (Å²) in [4.78, 5) is 23.0. The quantitative estimate of drug-likeness (QED) is 0.904. The summed E-state index contributed by atoms with van der Waals surface area (Å²) in [6.07, 6.45) is 2.24. The number of carbonyl (C=O) groups excluding carboxylic acids is 2. The second-order valence-corrected chi connectivity index (χ2v) is 5.01. The van der Waals surface area contributed by atoms with Crippen molar-refractivity contribution < 1.29 is 18.4 Å². The first-order valence-electron chi connectivity index (χ1n) is 6.50. The number of anilines is 1. The van der Waals surface area contributed by atoms with Crippen molar-refractivity contribution in [1.82, 2.24) is 0 Å². The van der Waals surface area contributed by atoms with Gasteiger partial charge < -0.3 is 15.5 Å². The van der Waals surface area contributed by atoms with Gasteiger partial charge in [0.15, 0.2) is 0 Å². The van der Waals surface area contributed by atoms with Gasteiger partial charge in [0.05, 0.1) is 12.0 Å². The smallest absolute Gasteiger partial charge is 0.248 e. The lowest BCUT2D eigenvalue weighted by Gasteiger charge is -2.07. The van der Waals surface area contributed by atoms with Gasteiger partial charge in [-0.05, 0) is 36.8 Å². The van der Waals surface area contributed by atoms with E-state index in [-0.39, 0.29) is 29.0 Å². The molecular weight excluding hydrogens is 275 g/mol. The van der Waals surface area contributed by atoms with Crippen molar-refractivity contribution in [2.24, 2.45) is 11.7 Å². The number of nitrogens with one attached hydrogen (secondary N) is 1. The first-order chi connectivity index (χ1) is 10.1. The Morgan fingerprint density at radius 2 is 2.14 bits per heavy atom. The van der Waals surface area contributed by atoms with Gasteiger partial charge in [0, 0.05) is 17.4 Å². The van der Waals surface area contributed by atoms with Crippen molar-refractivity contribution in [1.29, 1.82) is 0 Å². The molecule has 1 fully saturated rings. The number of benzene rings is 1. The molecule has 1 heterocycles. The lowest BCUT2D eigenvalue weighted by Crippen LogP contribution is -2.16. The Bertz CT molecular complexity index is 697. The standard InChI is InChI=1S/C15H13FN2O3/c16-11-6-8(14(17)19)3-4-12(11)18-15(20)10-7-9(10)13-2-1-5-21-13/h1-6,9-10H,7H2,(H2,17,19)(H,18,20)/t9-,10-/m0/s1. The van der Waals surface area contributed by atoms with Crippen LogP contribution in [-0.2, 0) is 4.79 Å². The number of rotatable bonds is 4. The van der Waals surface area contributed by atoms with Crippen LogP contribution in [0.3, 0.4) is 0 Å². The largest absolute Gasteiger partial charge is 0.469 e. The summed E-state index contributed by atoms with van der Waals surface area (Å²) in [6.45, 7) is 0. The van der Waals surface area contributed by atoms with E-state index in [0.29, 0.717) is 6.42 Å². The molecule has 2 atom stereocenters. The maximum Gasteiger partial charge on any atom is 0.248 e. The molecule has 2 aromatic rings.